The number of nitrogen functional groups attached to an aromatic ring is 1. The van der Waals surface area contributed by atoms with E-state index in [1.54, 1.807) is 19.0 Å². The predicted molar refractivity (Wildman–Crippen MR) is 70.3 cm³/mol. The van der Waals surface area contributed by atoms with Crippen LogP contribution < -0.4 is 11.1 Å². The van der Waals surface area contributed by atoms with Crippen LogP contribution in [-0.2, 0) is 11.8 Å². The van der Waals surface area contributed by atoms with Gasteiger partial charge in [0.15, 0.2) is 0 Å². The molecule has 0 radical (unpaired) electrons. The standard InChI is InChI=1S/C12H19N5O2/c1-12(11(19)14-2)4-5-17(7-12)10(18)9-8(13)6-15-16(9)3/h6H,4-5,7,13H2,1-3H3,(H,14,19). The molecule has 104 valence electrons. The van der Waals surface area contributed by atoms with Gasteiger partial charge in [-0.2, -0.15) is 5.10 Å². The summed E-state index contributed by atoms with van der Waals surface area (Å²) in [6, 6.07) is 0. The number of rotatable bonds is 2. The Morgan fingerprint density at radius 2 is 2.21 bits per heavy atom. The van der Waals surface area contributed by atoms with E-state index in [9.17, 15) is 9.59 Å². The van der Waals surface area contributed by atoms with Gasteiger partial charge in [-0.3, -0.25) is 14.3 Å². The average molecular weight is 265 g/mol. The molecule has 1 aromatic heterocycles. The predicted octanol–water partition coefficient (Wildman–Crippen LogP) is -0.399. The van der Waals surface area contributed by atoms with E-state index in [1.807, 2.05) is 6.92 Å². The van der Waals surface area contributed by atoms with Gasteiger partial charge in [-0.1, -0.05) is 0 Å². The van der Waals surface area contributed by atoms with Gasteiger partial charge in [0.1, 0.15) is 5.69 Å². The van der Waals surface area contributed by atoms with Gasteiger partial charge < -0.3 is 16.0 Å². The molecule has 2 amide bonds. The minimum absolute atomic E-state index is 0.0409. The minimum Gasteiger partial charge on any atom is -0.396 e. The highest BCUT2D eigenvalue weighted by atomic mass is 16.2. The Labute approximate surface area is 111 Å². The summed E-state index contributed by atoms with van der Waals surface area (Å²) in [4.78, 5) is 25.9. The van der Waals surface area contributed by atoms with E-state index in [0.29, 0.717) is 30.9 Å². The van der Waals surface area contributed by atoms with Crippen LogP contribution in [0.3, 0.4) is 0 Å². The van der Waals surface area contributed by atoms with Crippen LogP contribution >= 0.6 is 0 Å². The molecule has 2 heterocycles. The van der Waals surface area contributed by atoms with E-state index >= 15 is 0 Å². The van der Waals surface area contributed by atoms with Crippen LogP contribution in [0.4, 0.5) is 5.69 Å². The van der Waals surface area contributed by atoms with Crippen LogP contribution in [0.2, 0.25) is 0 Å². The molecule has 3 N–H and O–H groups in total. The van der Waals surface area contributed by atoms with E-state index in [2.05, 4.69) is 10.4 Å². The number of nitrogens with two attached hydrogens (primary N) is 1. The lowest BCUT2D eigenvalue weighted by Gasteiger charge is -2.22. The first kappa shape index (κ1) is 13.4. The number of aryl methyl sites for hydroxylation is 1. The molecule has 0 spiro atoms. The zero-order valence-electron chi connectivity index (χ0n) is 11.4. The molecule has 7 heteroatoms. The Hall–Kier alpha value is -2.05. The van der Waals surface area contributed by atoms with Crippen molar-refractivity contribution >= 4 is 17.5 Å². The summed E-state index contributed by atoms with van der Waals surface area (Å²) in [6.45, 7) is 2.81. The normalized spacial score (nSPS) is 22.6. The molecule has 1 atom stereocenters. The summed E-state index contributed by atoms with van der Waals surface area (Å²) in [6.07, 6.45) is 2.11. The number of likely N-dealkylation sites (tertiary alicyclic amines) is 1. The number of nitrogens with one attached hydrogen (secondary N) is 1. The molecule has 0 bridgehead atoms. The van der Waals surface area contributed by atoms with E-state index in [-0.39, 0.29) is 11.8 Å². The van der Waals surface area contributed by atoms with Crippen molar-refractivity contribution in [2.75, 3.05) is 25.9 Å². The van der Waals surface area contributed by atoms with Gasteiger partial charge in [0.2, 0.25) is 5.91 Å². The van der Waals surface area contributed by atoms with Crippen LogP contribution in [0.1, 0.15) is 23.8 Å². The summed E-state index contributed by atoms with van der Waals surface area (Å²) in [7, 11) is 3.29. The number of amides is 2. The molecule has 1 aliphatic heterocycles. The van der Waals surface area contributed by atoms with Crippen molar-refractivity contribution in [1.29, 1.82) is 0 Å². The average Bonchev–Trinajstić information content (AvgIpc) is 2.93. The summed E-state index contributed by atoms with van der Waals surface area (Å²) < 4.78 is 1.47. The summed E-state index contributed by atoms with van der Waals surface area (Å²) >= 11 is 0. The molecule has 0 saturated carbocycles. The van der Waals surface area contributed by atoms with Gasteiger partial charge >= 0.3 is 0 Å². The fourth-order valence-corrected chi connectivity index (χ4v) is 2.49. The lowest BCUT2D eigenvalue weighted by Crippen LogP contribution is -2.40. The Balaban J connectivity index is 2.18. The number of nitrogens with zero attached hydrogens (tertiary/aromatic N) is 3. The van der Waals surface area contributed by atoms with Gasteiger partial charge in [-0.05, 0) is 13.3 Å². The van der Waals surface area contributed by atoms with Gasteiger partial charge in [-0.25, -0.2) is 0 Å². The number of anilines is 1. The third-order valence-electron chi connectivity index (χ3n) is 3.71. The van der Waals surface area contributed by atoms with E-state index in [4.69, 9.17) is 5.73 Å². The molecular weight excluding hydrogens is 246 g/mol. The molecule has 1 fully saturated rings. The maximum atomic E-state index is 12.4. The highest BCUT2D eigenvalue weighted by Crippen LogP contribution is 2.31. The molecule has 7 nitrogen and oxygen atoms in total. The zero-order chi connectivity index (χ0) is 14.2. The van der Waals surface area contributed by atoms with E-state index in [1.165, 1.54) is 10.9 Å². The monoisotopic (exact) mass is 265 g/mol. The van der Waals surface area contributed by atoms with Crippen molar-refractivity contribution in [2.45, 2.75) is 13.3 Å². The Morgan fingerprint density at radius 3 is 2.74 bits per heavy atom. The smallest absolute Gasteiger partial charge is 0.274 e. The maximum absolute atomic E-state index is 12.4. The molecule has 0 aliphatic carbocycles. The first-order chi connectivity index (χ1) is 8.89. The SMILES string of the molecule is CNC(=O)C1(C)CCN(C(=O)c2c(N)cnn2C)C1. The summed E-state index contributed by atoms with van der Waals surface area (Å²) in [5, 5.41) is 6.61. The van der Waals surface area contributed by atoms with Crippen molar-refractivity contribution < 1.29 is 9.59 Å². The second kappa shape index (κ2) is 4.56. The second-order valence-electron chi connectivity index (χ2n) is 5.19. The third kappa shape index (κ3) is 2.16. The quantitative estimate of drug-likeness (QED) is 0.761. The Bertz CT molecular complexity index is 505. The highest BCUT2D eigenvalue weighted by Gasteiger charge is 2.42. The van der Waals surface area contributed by atoms with Crippen molar-refractivity contribution in [3.8, 4) is 0 Å². The third-order valence-corrected chi connectivity index (χ3v) is 3.71. The molecule has 0 aromatic carbocycles. The van der Waals surface area contributed by atoms with Crippen molar-refractivity contribution in [2.24, 2.45) is 12.5 Å². The Morgan fingerprint density at radius 1 is 1.53 bits per heavy atom. The summed E-state index contributed by atoms with van der Waals surface area (Å²) in [5.74, 6) is -0.217. The van der Waals surface area contributed by atoms with Gasteiger partial charge in [0, 0.05) is 27.2 Å². The van der Waals surface area contributed by atoms with Crippen molar-refractivity contribution in [1.82, 2.24) is 20.0 Å². The maximum Gasteiger partial charge on any atom is 0.274 e. The molecular formula is C12H19N5O2. The van der Waals surface area contributed by atoms with Gasteiger partial charge in [-0.15, -0.1) is 0 Å². The van der Waals surface area contributed by atoms with Crippen LogP contribution in [0.5, 0.6) is 0 Å². The van der Waals surface area contributed by atoms with Crippen LogP contribution in [0.25, 0.3) is 0 Å². The number of hydrogen-bond donors (Lipinski definition) is 2. The number of aromatic nitrogens is 2. The molecule has 2 rings (SSSR count). The number of hydrogen-bond acceptors (Lipinski definition) is 4. The fraction of sp³-hybridized carbons (Fsp3) is 0.583. The van der Waals surface area contributed by atoms with Crippen LogP contribution in [-0.4, -0.2) is 46.6 Å². The zero-order valence-corrected chi connectivity index (χ0v) is 11.4. The van der Waals surface area contributed by atoms with E-state index in [0.717, 1.165) is 0 Å². The Kier molecular flexibility index (Phi) is 3.21. The summed E-state index contributed by atoms with van der Waals surface area (Å²) in [5.41, 5.74) is 5.96. The van der Waals surface area contributed by atoms with Crippen molar-refractivity contribution in [3.63, 3.8) is 0 Å². The van der Waals surface area contributed by atoms with Crippen LogP contribution in [0.15, 0.2) is 6.20 Å². The molecule has 19 heavy (non-hydrogen) atoms. The first-order valence-corrected chi connectivity index (χ1v) is 6.18. The number of carbonyl (C=O) groups excluding carboxylic acids is 2. The van der Waals surface area contributed by atoms with Gasteiger partial charge in [0.05, 0.1) is 17.3 Å². The largest absolute Gasteiger partial charge is 0.396 e. The number of carbonyl (C=O) groups is 2. The highest BCUT2D eigenvalue weighted by molar-refractivity contribution is 5.98. The molecule has 1 unspecified atom stereocenters. The molecule has 1 saturated heterocycles. The fourth-order valence-electron chi connectivity index (χ4n) is 2.49. The first-order valence-electron chi connectivity index (χ1n) is 6.18. The van der Waals surface area contributed by atoms with Gasteiger partial charge in [0.25, 0.3) is 5.91 Å². The topological polar surface area (TPSA) is 93.2 Å². The second-order valence-corrected chi connectivity index (χ2v) is 5.19. The van der Waals surface area contributed by atoms with Crippen LogP contribution in [0, 0.1) is 5.41 Å². The lowest BCUT2D eigenvalue weighted by molar-refractivity contribution is -0.128. The molecule has 1 aliphatic rings. The molecule has 1 aromatic rings. The van der Waals surface area contributed by atoms with E-state index < -0.39 is 5.41 Å². The minimum atomic E-state index is -0.530. The lowest BCUT2D eigenvalue weighted by atomic mass is 9.89. The van der Waals surface area contributed by atoms with Crippen molar-refractivity contribution in [3.05, 3.63) is 11.9 Å².